The van der Waals surface area contributed by atoms with Crippen molar-refractivity contribution in [2.75, 3.05) is 0 Å². The zero-order valence-corrected chi connectivity index (χ0v) is 16.5. The summed E-state index contributed by atoms with van der Waals surface area (Å²) in [7, 11) is 1.89. The van der Waals surface area contributed by atoms with Gasteiger partial charge in [0.05, 0.1) is 12.4 Å². The third-order valence-electron chi connectivity index (χ3n) is 4.06. The molecule has 1 heterocycles. The van der Waals surface area contributed by atoms with Gasteiger partial charge in [0, 0.05) is 39.5 Å². The Balaban J connectivity index is 0.00000225. The normalized spacial score (nSPS) is 9.80. The average molecular weight is 504 g/mol. The first-order valence-corrected chi connectivity index (χ1v) is 7.49. The predicted octanol–water partition coefficient (Wildman–Crippen LogP) is 4.59. The number of aryl methyl sites for hydroxylation is 3. The van der Waals surface area contributed by atoms with E-state index in [1.807, 2.05) is 49.9 Å². The quantitative estimate of drug-likeness (QED) is 0.481. The van der Waals surface area contributed by atoms with Crippen molar-refractivity contribution < 1.29 is 20.1 Å². The Kier molecular flexibility index (Phi) is 5.55. The van der Waals surface area contributed by atoms with Crippen molar-refractivity contribution in [1.82, 2.24) is 9.55 Å². The molecule has 0 bridgehead atoms. The van der Waals surface area contributed by atoms with Crippen molar-refractivity contribution in [3.63, 3.8) is 0 Å². The van der Waals surface area contributed by atoms with Gasteiger partial charge in [-0.25, -0.2) is 5.26 Å². The largest absolute Gasteiger partial charge is 0.365 e. The fourth-order valence-electron chi connectivity index (χ4n) is 2.95. The molecule has 0 saturated heterocycles. The van der Waals surface area contributed by atoms with Gasteiger partial charge in [0.2, 0.25) is 0 Å². The minimum atomic E-state index is 0. The smallest absolute Gasteiger partial charge is 0.132 e. The summed E-state index contributed by atoms with van der Waals surface area (Å²) in [4.78, 5) is 8.08. The SMILES string of the molecule is [C-]#[N+]c1cc(C#N)[c-]c(-c2nccn2C)c1-c1c(C)cccc1C.[Ir]. The van der Waals surface area contributed by atoms with Crippen LogP contribution in [-0.4, -0.2) is 9.55 Å². The van der Waals surface area contributed by atoms with E-state index in [-0.39, 0.29) is 20.1 Å². The topological polar surface area (TPSA) is 46.0 Å². The number of benzene rings is 2. The van der Waals surface area contributed by atoms with Crippen LogP contribution in [0.15, 0.2) is 36.7 Å². The van der Waals surface area contributed by atoms with Crippen LogP contribution in [0.4, 0.5) is 5.69 Å². The average Bonchev–Trinajstić information content (AvgIpc) is 3.00. The molecule has 3 rings (SSSR count). The summed E-state index contributed by atoms with van der Waals surface area (Å²) in [5.41, 5.74) is 5.41. The molecule has 0 saturated carbocycles. The fraction of sp³-hybridized carbons (Fsp3) is 0.150. The molecule has 0 aliphatic carbocycles. The van der Waals surface area contributed by atoms with Gasteiger partial charge in [0.1, 0.15) is 5.69 Å². The van der Waals surface area contributed by atoms with Gasteiger partial charge < -0.3 is 4.57 Å². The van der Waals surface area contributed by atoms with Gasteiger partial charge in [0.25, 0.3) is 0 Å². The molecular formula is C20H15IrN4-. The van der Waals surface area contributed by atoms with E-state index in [2.05, 4.69) is 22.0 Å². The maximum Gasteiger partial charge on any atom is 0.132 e. The first-order valence-electron chi connectivity index (χ1n) is 7.49. The van der Waals surface area contributed by atoms with Crippen LogP contribution >= 0.6 is 0 Å². The van der Waals surface area contributed by atoms with E-state index in [0.29, 0.717) is 22.6 Å². The molecule has 5 heteroatoms. The van der Waals surface area contributed by atoms with E-state index in [1.54, 1.807) is 12.3 Å². The van der Waals surface area contributed by atoms with Gasteiger partial charge >= 0.3 is 0 Å². The van der Waals surface area contributed by atoms with E-state index >= 15 is 0 Å². The van der Waals surface area contributed by atoms with Crippen molar-refractivity contribution in [3.05, 3.63) is 70.8 Å². The number of rotatable bonds is 2. The van der Waals surface area contributed by atoms with E-state index in [0.717, 1.165) is 22.3 Å². The summed E-state index contributed by atoms with van der Waals surface area (Å²) < 4.78 is 1.87. The van der Waals surface area contributed by atoms with Crippen LogP contribution < -0.4 is 0 Å². The molecule has 0 atom stereocenters. The molecule has 125 valence electrons. The number of nitriles is 1. The predicted molar refractivity (Wildman–Crippen MR) is 93.4 cm³/mol. The first kappa shape index (κ1) is 18.6. The van der Waals surface area contributed by atoms with Crippen molar-refractivity contribution in [3.8, 4) is 28.6 Å². The van der Waals surface area contributed by atoms with Crippen molar-refractivity contribution in [1.29, 1.82) is 5.26 Å². The molecule has 0 spiro atoms. The van der Waals surface area contributed by atoms with Crippen molar-refractivity contribution in [2.24, 2.45) is 7.05 Å². The summed E-state index contributed by atoms with van der Waals surface area (Å²) >= 11 is 0. The van der Waals surface area contributed by atoms with Crippen LogP contribution in [0.2, 0.25) is 0 Å². The Bertz CT molecular complexity index is 999. The van der Waals surface area contributed by atoms with Crippen molar-refractivity contribution in [2.45, 2.75) is 13.8 Å². The Morgan fingerprint density at radius 3 is 2.44 bits per heavy atom. The fourth-order valence-corrected chi connectivity index (χ4v) is 2.95. The van der Waals surface area contributed by atoms with Gasteiger partial charge in [-0.3, -0.25) is 9.83 Å². The van der Waals surface area contributed by atoms with Gasteiger partial charge in [-0.1, -0.05) is 51.6 Å². The Labute approximate surface area is 160 Å². The molecule has 3 aromatic rings. The minimum absolute atomic E-state index is 0. The van der Waals surface area contributed by atoms with E-state index in [9.17, 15) is 5.26 Å². The van der Waals surface area contributed by atoms with E-state index in [4.69, 9.17) is 6.57 Å². The van der Waals surface area contributed by atoms with Gasteiger partial charge in [-0.05, 0) is 19.9 Å². The minimum Gasteiger partial charge on any atom is -0.365 e. The zero-order chi connectivity index (χ0) is 17.3. The van der Waals surface area contributed by atoms with Gasteiger partial charge in [-0.2, -0.15) is 0 Å². The third kappa shape index (κ3) is 3.26. The summed E-state index contributed by atoms with van der Waals surface area (Å²) in [5, 5.41) is 9.31. The molecular weight excluding hydrogens is 488 g/mol. The van der Waals surface area contributed by atoms with Crippen LogP contribution in [0.1, 0.15) is 16.7 Å². The second-order valence-corrected chi connectivity index (χ2v) is 5.67. The molecule has 0 fully saturated rings. The van der Waals surface area contributed by atoms with Gasteiger partial charge in [0.15, 0.2) is 0 Å². The molecule has 0 unspecified atom stereocenters. The molecule has 1 radical (unpaired) electrons. The van der Waals surface area contributed by atoms with E-state index < -0.39 is 0 Å². The number of aromatic nitrogens is 2. The van der Waals surface area contributed by atoms with Crippen LogP contribution in [0, 0.1) is 37.8 Å². The zero-order valence-electron chi connectivity index (χ0n) is 14.1. The molecule has 0 aliphatic heterocycles. The second kappa shape index (κ2) is 7.45. The molecule has 4 nitrogen and oxygen atoms in total. The maximum absolute atomic E-state index is 9.31. The Morgan fingerprint density at radius 2 is 1.92 bits per heavy atom. The van der Waals surface area contributed by atoms with Crippen molar-refractivity contribution >= 4 is 5.69 Å². The molecule has 25 heavy (non-hydrogen) atoms. The molecule has 2 aromatic carbocycles. The number of imidazole rings is 1. The van der Waals surface area contributed by atoms with Crippen LogP contribution in [0.5, 0.6) is 0 Å². The third-order valence-corrected chi connectivity index (χ3v) is 4.06. The number of hydrogen-bond donors (Lipinski definition) is 0. The Hall–Kier alpha value is -2.72. The first-order chi connectivity index (χ1) is 11.6. The van der Waals surface area contributed by atoms with Crippen LogP contribution in [0.25, 0.3) is 27.4 Å². The summed E-state index contributed by atoms with van der Waals surface area (Å²) in [6.45, 7) is 11.6. The van der Waals surface area contributed by atoms with E-state index in [1.165, 1.54) is 0 Å². The molecule has 0 N–H and O–H groups in total. The van der Waals surface area contributed by atoms with Gasteiger partial charge in [-0.15, -0.1) is 12.1 Å². The number of nitrogens with zero attached hydrogens (tertiary/aromatic N) is 4. The summed E-state index contributed by atoms with van der Waals surface area (Å²) in [5.74, 6) is 0.689. The molecule has 1 aromatic heterocycles. The standard InChI is InChI=1S/C20H15N4.Ir/c1-13-6-5-7-14(2)18(13)19-16(20-23-8-9-24(20)4)10-15(12-21)11-17(19)22-3;/h5-9,11H,1-2,4H3;/q-1;. The second-order valence-electron chi connectivity index (χ2n) is 5.67. The summed E-state index contributed by atoms with van der Waals surface area (Å²) in [6, 6.07) is 12.9. The monoisotopic (exact) mass is 504 g/mol. The molecule has 0 aliphatic rings. The molecule has 0 amide bonds. The number of hydrogen-bond acceptors (Lipinski definition) is 2. The summed E-state index contributed by atoms with van der Waals surface area (Å²) in [6.07, 6.45) is 3.54. The van der Waals surface area contributed by atoms with Crippen LogP contribution in [-0.2, 0) is 27.2 Å². The Morgan fingerprint density at radius 1 is 1.24 bits per heavy atom. The maximum atomic E-state index is 9.31. The van der Waals surface area contributed by atoms with Crippen LogP contribution in [0.3, 0.4) is 0 Å².